The second kappa shape index (κ2) is 6.41. The van der Waals surface area contributed by atoms with E-state index in [0.29, 0.717) is 53.1 Å². The van der Waals surface area contributed by atoms with Crippen LogP contribution in [0, 0.1) is 25.1 Å². The number of likely N-dealkylation sites (tertiary alicyclic amines) is 1. The minimum atomic E-state index is -0.735. The van der Waals surface area contributed by atoms with Crippen molar-refractivity contribution in [2.75, 3.05) is 13.1 Å². The molecule has 1 atom stereocenters. The van der Waals surface area contributed by atoms with Gasteiger partial charge in [0.1, 0.15) is 5.82 Å². The molecule has 0 radical (unpaired) electrons. The number of hydrogen-bond acceptors (Lipinski definition) is 2. The van der Waals surface area contributed by atoms with Crippen molar-refractivity contribution in [3.8, 4) is 12.3 Å². The number of fused-ring (bicyclic) bond motifs is 1. The first-order chi connectivity index (χ1) is 11.8. The molecule has 3 rings (SSSR count). The Morgan fingerprint density at radius 3 is 2.88 bits per heavy atom. The summed E-state index contributed by atoms with van der Waals surface area (Å²) in [4.78, 5) is 28.0. The fourth-order valence-corrected chi connectivity index (χ4v) is 3.78. The number of terminal acetylenes is 1. The van der Waals surface area contributed by atoms with Crippen molar-refractivity contribution >= 4 is 34.3 Å². The number of nitrogens with zero attached hydrogens (tertiary/aromatic N) is 1. The highest BCUT2D eigenvalue weighted by atomic mass is 35.5. The van der Waals surface area contributed by atoms with Crippen molar-refractivity contribution in [2.24, 2.45) is 5.73 Å². The molecule has 1 fully saturated rings. The van der Waals surface area contributed by atoms with Gasteiger partial charge in [0.05, 0.1) is 16.1 Å². The van der Waals surface area contributed by atoms with E-state index < -0.39 is 17.6 Å². The van der Waals surface area contributed by atoms with Gasteiger partial charge in [-0.25, -0.2) is 4.39 Å². The van der Waals surface area contributed by atoms with Crippen LogP contribution in [0.15, 0.2) is 6.07 Å². The van der Waals surface area contributed by atoms with E-state index in [1.165, 1.54) is 4.90 Å². The van der Waals surface area contributed by atoms with E-state index >= 15 is 0 Å². The van der Waals surface area contributed by atoms with Gasteiger partial charge in [0.2, 0.25) is 0 Å². The molecule has 5 nitrogen and oxygen atoms in total. The molecule has 2 heterocycles. The Bertz CT molecular complexity index is 929. The molecular weight excluding hydrogens is 345 g/mol. The highest BCUT2D eigenvalue weighted by Gasteiger charge is 2.30. The van der Waals surface area contributed by atoms with Crippen molar-refractivity contribution in [1.29, 1.82) is 0 Å². The van der Waals surface area contributed by atoms with Crippen LogP contribution in [0.5, 0.6) is 0 Å². The number of aromatic nitrogens is 1. The molecule has 3 N–H and O–H groups in total. The summed E-state index contributed by atoms with van der Waals surface area (Å²) in [7, 11) is 0. The predicted octanol–water partition coefficient (Wildman–Crippen LogP) is 2.71. The Morgan fingerprint density at radius 2 is 2.24 bits per heavy atom. The van der Waals surface area contributed by atoms with Crippen LogP contribution in [0.2, 0.25) is 5.02 Å². The van der Waals surface area contributed by atoms with Crippen LogP contribution in [0.3, 0.4) is 0 Å². The number of carbonyl (C=O) groups excluding carboxylic acids is 2. The summed E-state index contributed by atoms with van der Waals surface area (Å²) in [6.07, 6.45) is 6.59. The van der Waals surface area contributed by atoms with Gasteiger partial charge in [0.15, 0.2) is 0 Å². The van der Waals surface area contributed by atoms with Gasteiger partial charge in [-0.3, -0.25) is 9.59 Å². The number of benzene rings is 1. The lowest BCUT2D eigenvalue weighted by Crippen LogP contribution is -2.38. The fraction of sp³-hybridized carbons (Fsp3) is 0.333. The van der Waals surface area contributed by atoms with Crippen molar-refractivity contribution in [1.82, 2.24) is 9.88 Å². The van der Waals surface area contributed by atoms with Crippen LogP contribution >= 0.6 is 11.6 Å². The number of aromatic amines is 1. The minimum Gasteiger partial charge on any atom is -0.366 e. The third-order valence-electron chi connectivity index (χ3n) is 4.68. The van der Waals surface area contributed by atoms with Gasteiger partial charge in [-0.1, -0.05) is 11.6 Å². The zero-order chi connectivity index (χ0) is 18.3. The molecule has 1 aromatic carbocycles. The summed E-state index contributed by atoms with van der Waals surface area (Å²) < 4.78 is 14.9. The number of carbonyl (C=O) groups is 2. The number of halogens is 2. The topological polar surface area (TPSA) is 79.2 Å². The smallest absolute Gasteiger partial charge is 0.298 e. The Kier molecular flexibility index (Phi) is 4.44. The molecule has 0 unspecified atom stereocenters. The first-order valence-corrected chi connectivity index (χ1v) is 8.28. The van der Waals surface area contributed by atoms with E-state index in [0.717, 1.165) is 6.07 Å². The highest BCUT2D eigenvalue weighted by molar-refractivity contribution is 6.37. The molecule has 0 bridgehead atoms. The summed E-state index contributed by atoms with van der Waals surface area (Å²) in [5.74, 6) is 0.138. The van der Waals surface area contributed by atoms with Crippen LogP contribution in [-0.4, -0.2) is 34.8 Å². The Morgan fingerprint density at radius 1 is 1.52 bits per heavy atom. The Hall–Kier alpha value is -2.52. The summed E-state index contributed by atoms with van der Waals surface area (Å²) in [5.41, 5.74) is 6.87. The van der Waals surface area contributed by atoms with Gasteiger partial charge >= 0.3 is 0 Å². The molecule has 1 aliphatic rings. The molecule has 0 spiro atoms. The first-order valence-electron chi connectivity index (χ1n) is 7.90. The molecule has 0 saturated carbocycles. The highest BCUT2D eigenvalue weighted by Crippen LogP contribution is 2.40. The van der Waals surface area contributed by atoms with E-state index in [1.807, 2.05) is 0 Å². The Labute approximate surface area is 149 Å². The zero-order valence-corrected chi connectivity index (χ0v) is 14.4. The molecule has 25 heavy (non-hydrogen) atoms. The zero-order valence-electron chi connectivity index (χ0n) is 13.7. The maximum atomic E-state index is 14.9. The second-order valence-corrected chi connectivity index (χ2v) is 6.61. The van der Waals surface area contributed by atoms with Gasteiger partial charge < -0.3 is 15.6 Å². The average molecular weight is 362 g/mol. The minimum absolute atomic E-state index is 0.0543. The van der Waals surface area contributed by atoms with E-state index in [1.54, 1.807) is 6.92 Å². The lowest BCUT2D eigenvalue weighted by molar-refractivity contribution is -0.126. The van der Waals surface area contributed by atoms with Crippen LogP contribution in [-0.2, 0) is 4.79 Å². The van der Waals surface area contributed by atoms with Gasteiger partial charge in [-0.05, 0) is 31.8 Å². The first kappa shape index (κ1) is 17.3. The largest absolute Gasteiger partial charge is 0.366 e. The number of aryl methyl sites for hydroxylation is 1. The molecule has 7 heteroatoms. The van der Waals surface area contributed by atoms with Crippen molar-refractivity contribution < 1.29 is 14.0 Å². The monoisotopic (exact) mass is 361 g/mol. The summed E-state index contributed by atoms with van der Waals surface area (Å²) in [6, 6.07) is 1.13. The summed E-state index contributed by atoms with van der Waals surface area (Å²) in [6.45, 7) is 2.60. The van der Waals surface area contributed by atoms with E-state index in [-0.39, 0.29) is 11.5 Å². The lowest BCUT2D eigenvalue weighted by atomic mass is 9.87. The predicted molar refractivity (Wildman–Crippen MR) is 93.9 cm³/mol. The number of amides is 2. The number of piperidine rings is 1. The molecule has 130 valence electrons. The third-order valence-corrected chi connectivity index (χ3v) is 5.16. The molecule has 1 aliphatic heterocycles. The quantitative estimate of drug-likeness (QED) is 0.806. The number of nitrogens with one attached hydrogen (secondary N) is 1. The summed E-state index contributed by atoms with van der Waals surface area (Å²) in [5, 5.41) is 0.806. The van der Waals surface area contributed by atoms with E-state index in [2.05, 4.69) is 10.9 Å². The van der Waals surface area contributed by atoms with Crippen LogP contribution < -0.4 is 5.73 Å². The lowest BCUT2D eigenvalue weighted by Gasteiger charge is -2.32. The maximum Gasteiger partial charge on any atom is 0.298 e. The van der Waals surface area contributed by atoms with E-state index in [4.69, 9.17) is 23.8 Å². The fourth-order valence-electron chi connectivity index (χ4n) is 3.54. The Balaban J connectivity index is 2.18. The standard InChI is InChI=1S/C18H17ClFN3O2/c1-3-13(24)23-6-4-5-10(8-23)14-12(20)7-11(18(21)25)17-15(14)16(19)9(2)22-17/h1,7,10,22H,4-6,8H2,2H3,(H2,21,25)/t10-/m0/s1. The van der Waals surface area contributed by atoms with Crippen LogP contribution in [0.1, 0.15) is 40.4 Å². The number of primary amides is 1. The number of rotatable bonds is 2. The van der Waals surface area contributed by atoms with Crippen molar-refractivity contribution in [2.45, 2.75) is 25.7 Å². The molecule has 0 aliphatic carbocycles. The van der Waals surface area contributed by atoms with Crippen LogP contribution in [0.4, 0.5) is 4.39 Å². The number of hydrogen-bond donors (Lipinski definition) is 2. The normalized spacial score (nSPS) is 17.5. The molecular formula is C18H17ClFN3O2. The van der Waals surface area contributed by atoms with Crippen molar-refractivity contribution in [3.05, 3.63) is 33.7 Å². The second-order valence-electron chi connectivity index (χ2n) is 6.23. The van der Waals surface area contributed by atoms with Crippen molar-refractivity contribution in [3.63, 3.8) is 0 Å². The van der Waals surface area contributed by atoms with E-state index in [9.17, 15) is 14.0 Å². The molecule has 1 aromatic heterocycles. The van der Waals surface area contributed by atoms with Gasteiger partial charge in [-0.15, -0.1) is 6.42 Å². The summed E-state index contributed by atoms with van der Waals surface area (Å²) >= 11 is 6.38. The van der Waals surface area contributed by atoms with Crippen LogP contribution in [0.25, 0.3) is 10.9 Å². The number of nitrogens with two attached hydrogens (primary N) is 1. The molecule has 2 amide bonds. The molecule has 1 saturated heterocycles. The maximum absolute atomic E-state index is 14.9. The van der Waals surface area contributed by atoms with Gasteiger partial charge in [0.25, 0.3) is 11.8 Å². The van der Waals surface area contributed by atoms with Gasteiger partial charge in [-0.2, -0.15) is 0 Å². The van der Waals surface area contributed by atoms with Gasteiger partial charge in [0, 0.05) is 35.7 Å². The number of H-pyrrole nitrogens is 1. The molecule has 2 aromatic rings. The SMILES string of the molecule is C#CC(=O)N1CCC[C@H](c2c(F)cc(C(N)=O)c3[nH]c(C)c(Cl)c23)C1. The average Bonchev–Trinajstić information content (AvgIpc) is 2.88. The third kappa shape index (κ3) is 2.85.